The van der Waals surface area contributed by atoms with Gasteiger partial charge in [-0.3, -0.25) is 9.89 Å². The predicted octanol–water partition coefficient (Wildman–Crippen LogP) is 4.22. The maximum atomic E-state index is 5.61. The van der Waals surface area contributed by atoms with E-state index >= 15 is 0 Å². The zero-order chi connectivity index (χ0) is 21.2. The fourth-order valence-corrected chi connectivity index (χ4v) is 4.25. The molecule has 1 atom stereocenters. The number of rotatable bonds is 9. The SMILES string of the molecule is CCNC(=NCC(c1cccs1)N1CCOCC1)Nc1ccc(OCC)c(OC)c1.I. The lowest BCUT2D eigenvalue weighted by Crippen LogP contribution is -2.40. The van der Waals surface area contributed by atoms with Crippen LogP contribution >= 0.6 is 35.3 Å². The van der Waals surface area contributed by atoms with Gasteiger partial charge in [0.05, 0.1) is 39.5 Å². The molecule has 2 N–H and O–H groups in total. The van der Waals surface area contributed by atoms with E-state index in [1.54, 1.807) is 18.4 Å². The van der Waals surface area contributed by atoms with E-state index in [4.69, 9.17) is 19.2 Å². The minimum absolute atomic E-state index is 0. The van der Waals surface area contributed by atoms with Crippen molar-refractivity contribution in [2.24, 2.45) is 4.99 Å². The highest BCUT2D eigenvalue weighted by Crippen LogP contribution is 2.30. The minimum Gasteiger partial charge on any atom is -0.493 e. The minimum atomic E-state index is 0. The van der Waals surface area contributed by atoms with Crippen molar-refractivity contribution in [3.05, 3.63) is 40.6 Å². The summed E-state index contributed by atoms with van der Waals surface area (Å²) in [4.78, 5) is 8.69. The van der Waals surface area contributed by atoms with Gasteiger partial charge in [0, 0.05) is 36.3 Å². The number of hydrogen-bond donors (Lipinski definition) is 2. The third kappa shape index (κ3) is 7.51. The molecule has 1 aliphatic heterocycles. The first kappa shape index (κ1) is 25.7. The summed E-state index contributed by atoms with van der Waals surface area (Å²) in [6.45, 7) is 9.47. The fourth-order valence-electron chi connectivity index (χ4n) is 3.40. The van der Waals surface area contributed by atoms with Crippen LogP contribution in [0.25, 0.3) is 0 Å². The molecule has 1 aromatic carbocycles. The summed E-state index contributed by atoms with van der Waals surface area (Å²) in [6, 6.07) is 10.4. The highest BCUT2D eigenvalue weighted by Gasteiger charge is 2.23. The first-order chi connectivity index (χ1) is 14.7. The number of halogens is 1. The van der Waals surface area contributed by atoms with Crippen molar-refractivity contribution in [1.82, 2.24) is 10.2 Å². The van der Waals surface area contributed by atoms with Gasteiger partial charge in [0.25, 0.3) is 0 Å². The van der Waals surface area contributed by atoms with E-state index in [0.29, 0.717) is 18.9 Å². The molecule has 7 nitrogen and oxygen atoms in total. The van der Waals surface area contributed by atoms with Crippen molar-refractivity contribution < 1.29 is 14.2 Å². The number of benzene rings is 1. The maximum absolute atomic E-state index is 5.61. The van der Waals surface area contributed by atoms with Gasteiger partial charge in [0.2, 0.25) is 0 Å². The number of hydrogen-bond acceptors (Lipinski definition) is 6. The van der Waals surface area contributed by atoms with Crippen LogP contribution in [0.15, 0.2) is 40.7 Å². The van der Waals surface area contributed by atoms with Crippen molar-refractivity contribution in [2.75, 3.05) is 58.4 Å². The lowest BCUT2D eigenvalue weighted by molar-refractivity contribution is 0.0187. The standard InChI is InChI=1S/C22H32N4O3S.HI/c1-4-23-22(25-17-8-9-19(29-5-2)20(15-17)27-3)24-16-18(21-7-6-14-30-21)26-10-12-28-13-11-26;/h6-9,14-15,18H,4-5,10-13,16H2,1-3H3,(H2,23,24,25);1H. The van der Waals surface area contributed by atoms with E-state index in [9.17, 15) is 0 Å². The molecule has 3 rings (SSSR count). The van der Waals surface area contributed by atoms with Crippen molar-refractivity contribution in [3.8, 4) is 11.5 Å². The number of thiophene rings is 1. The van der Waals surface area contributed by atoms with Gasteiger partial charge >= 0.3 is 0 Å². The summed E-state index contributed by atoms with van der Waals surface area (Å²) < 4.78 is 16.6. The number of guanidine groups is 1. The number of nitrogens with zero attached hydrogens (tertiary/aromatic N) is 2. The Bertz CT molecular complexity index is 798. The van der Waals surface area contributed by atoms with E-state index in [1.165, 1.54) is 4.88 Å². The second-order valence-corrected chi connectivity index (χ2v) is 7.80. The average molecular weight is 561 g/mol. The molecule has 0 bridgehead atoms. The summed E-state index contributed by atoms with van der Waals surface area (Å²) in [6.07, 6.45) is 0. The second kappa shape index (κ2) is 13.8. The smallest absolute Gasteiger partial charge is 0.195 e. The molecule has 2 aromatic rings. The van der Waals surface area contributed by atoms with Gasteiger partial charge in [-0.1, -0.05) is 6.07 Å². The van der Waals surface area contributed by atoms with Gasteiger partial charge in [0.15, 0.2) is 17.5 Å². The van der Waals surface area contributed by atoms with Crippen LogP contribution in [0.5, 0.6) is 11.5 Å². The molecule has 2 heterocycles. The molecule has 0 saturated carbocycles. The molecular formula is C22H33IN4O3S. The molecule has 1 aromatic heterocycles. The summed E-state index contributed by atoms with van der Waals surface area (Å²) in [5, 5.41) is 8.86. The van der Waals surface area contributed by atoms with Crippen molar-refractivity contribution in [2.45, 2.75) is 19.9 Å². The third-order valence-electron chi connectivity index (χ3n) is 4.85. The number of aliphatic imine (C=N–C) groups is 1. The largest absolute Gasteiger partial charge is 0.493 e. The topological polar surface area (TPSA) is 67.4 Å². The van der Waals surface area contributed by atoms with Crippen LogP contribution in [0, 0.1) is 0 Å². The molecule has 0 amide bonds. The van der Waals surface area contributed by atoms with Crippen LogP contribution < -0.4 is 20.1 Å². The monoisotopic (exact) mass is 560 g/mol. The molecule has 1 unspecified atom stereocenters. The zero-order valence-corrected chi connectivity index (χ0v) is 21.6. The first-order valence-electron chi connectivity index (χ1n) is 10.5. The number of anilines is 1. The number of methoxy groups -OCH3 is 1. The van der Waals surface area contributed by atoms with Crippen LogP contribution in [0.4, 0.5) is 5.69 Å². The van der Waals surface area contributed by atoms with E-state index in [-0.39, 0.29) is 30.0 Å². The van der Waals surface area contributed by atoms with E-state index in [0.717, 1.165) is 50.2 Å². The highest BCUT2D eigenvalue weighted by molar-refractivity contribution is 14.0. The first-order valence-corrected chi connectivity index (χ1v) is 11.3. The Morgan fingerprint density at radius 1 is 1.23 bits per heavy atom. The van der Waals surface area contributed by atoms with Gasteiger partial charge in [-0.25, -0.2) is 0 Å². The average Bonchev–Trinajstić information content (AvgIpc) is 3.30. The van der Waals surface area contributed by atoms with Crippen LogP contribution in [-0.2, 0) is 4.74 Å². The molecule has 1 fully saturated rings. The van der Waals surface area contributed by atoms with Gasteiger partial charge in [0.1, 0.15) is 0 Å². The third-order valence-corrected chi connectivity index (χ3v) is 5.82. The molecule has 9 heteroatoms. The number of nitrogens with one attached hydrogen (secondary N) is 2. The summed E-state index contributed by atoms with van der Waals surface area (Å²) in [7, 11) is 1.65. The van der Waals surface area contributed by atoms with Gasteiger partial charge in [-0.2, -0.15) is 0 Å². The summed E-state index contributed by atoms with van der Waals surface area (Å²) in [5.41, 5.74) is 0.897. The lowest BCUT2D eigenvalue weighted by atomic mass is 10.2. The Hall–Kier alpha value is -1.56. The Kier molecular flexibility index (Phi) is 11.4. The molecule has 0 aliphatic carbocycles. The molecule has 0 spiro atoms. The molecular weight excluding hydrogens is 527 g/mol. The Labute approximate surface area is 206 Å². The van der Waals surface area contributed by atoms with E-state index < -0.39 is 0 Å². The second-order valence-electron chi connectivity index (χ2n) is 6.82. The van der Waals surface area contributed by atoms with Crippen molar-refractivity contribution in [3.63, 3.8) is 0 Å². The highest BCUT2D eigenvalue weighted by atomic mass is 127. The maximum Gasteiger partial charge on any atom is 0.195 e. The molecule has 1 saturated heterocycles. The molecule has 172 valence electrons. The zero-order valence-electron chi connectivity index (χ0n) is 18.4. The molecule has 1 aliphatic rings. The predicted molar refractivity (Wildman–Crippen MR) is 139 cm³/mol. The molecule has 0 radical (unpaired) electrons. The van der Waals surface area contributed by atoms with Crippen molar-refractivity contribution >= 4 is 47.0 Å². The fraction of sp³-hybridized carbons (Fsp3) is 0.500. The van der Waals surface area contributed by atoms with Crippen LogP contribution in [0.3, 0.4) is 0 Å². The molecule has 31 heavy (non-hydrogen) atoms. The normalized spacial score (nSPS) is 15.6. The van der Waals surface area contributed by atoms with E-state index in [1.807, 2.05) is 25.1 Å². The van der Waals surface area contributed by atoms with Gasteiger partial charge < -0.3 is 24.8 Å². The Morgan fingerprint density at radius 2 is 2.03 bits per heavy atom. The summed E-state index contributed by atoms with van der Waals surface area (Å²) >= 11 is 1.78. The van der Waals surface area contributed by atoms with Gasteiger partial charge in [-0.05, 0) is 37.4 Å². The quantitative estimate of drug-likeness (QED) is 0.272. The van der Waals surface area contributed by atoms with Gasteiger partial charge in [-0.15, -0.1) is 35.3 Å². The number of ether oxygens (including phenoxy) is 3. The lowest BCUT2D eigenvalue weighted by Gasteiger charge is -2.33. The van der Waals surface area contributed by atoms with Crippen molar-refractivity contribution in [1.29, 1.82) is 0 Å². The summed E-state index contributed by atoms with van der Waals surface area (Å²) in [5.74, 6) is 2.18. The number of morpholine rings is 1. The Morgan fingerprint density at radius 3 is 2.68 bits per heavy atom. The van der Waals surface area contributed by atoms with Crippen LogP contribution in [-0.4, -0.2) is 64.0 Å². The van der Waals surface area contributed by atoms with E-state index in [2.05, 4.69) is 40.0 Å². The van der Waals surface area contributed by atoms with Crippen LogP contribution in [0.1, 0.15) is 24.8 Å². The Balaban J connectivity index is 0.00000341. The van der Waals surface area contributed by atoms with Crippen LogP contribution in [0.2, 0.25) is 0 Å².